The van der Waals surface area contributed by atoms with Gasteiger partial charge in [-0.1, -0.05) is 0 Å². The summed E-state index contributed by atoms with van der Waals surface area (Å²) in [7, 11) is 0. The second-order valence-corrected chi connectivity index (χ2v) is 3.48. The Balaban J connectivity index is 2.62. The van der Waals surface area contributed by atoms with E-state index >= 15 is 0 Å². The summed E-state index contributed by atoms with van der Waals surface area (Å²) in [5, 5.41) is 0.838. The molecule has 0 amide bonds. The van der Waals surface area contributed by atoms with E-state index in [2.05, 4.69) is 4.98 Å². The van der Waals surface area contributed by atoms with E-state index in [0.717, 1.165) is 21.4 Å². The fraction of sp³-hybridized carbons (Fsp3) is 0.125. The van der Waals surface area contributed by atoms with Crippen molar-refractivity contribution >= 4 is 21.4 Å². The first-order chi connectivity index (χ1) is 5.77. The van der Waals surface area contributed by atoms with E-state index in [1.54, 1.807) is 18.5 Å². The van der Waals surface area contributed by atoms with Crippen molar-refractivity contribution in [3.63, 3.8) is 0 Å². The lowest BCUT2D eigenvalue weighted by Gasteiger charge is -1.87. The van der Waals surface area contributed by atoms with Crippen LogP contribution in [0.25, 0.3) is 10.1 Å². The first-order valence-corrected chi connectivity index (χ1v) is 4.20. The molecule has 0 bridgehead atoms. The van der Waals surface area contributed by atoms with Gasteiger partial charge in [0.25, 0.3) is 6.43 Å². The van der Waals surface area contributed by atoms with Gasteiger partial charge in [0.1, 0.15) is 0 Å². The summed E-state index contributed by atoms with van der Waals surface area (Å²) in [5.74, 6) is 0. The molecule has 0 unspecified atom stereocenters. The molecule has 0 radical (unpaired) electrons. The molecule has 0 aliphatic carbocycles. The second kappa shape index (κ2) is 2.79. The van der Waals surface area contributed by atoms with Crippen LogP contribution in [0, 0.1) is 0 Å². The molecule has 0 N–H and O–H groups in total. The van der Waals surface area contributed by atoms with Gasteiger partial charge in [0.15, 0.2) is 0 Å². The number of aromatic nitrogens is 1. The lowest BCUT2D eigenvalue weighted by atomic mass is 10.3. The van der Waals surface area contributed by atoms with Crippen LogP contribution in [-0.4, -0.2) is 4.98 Å². The maximum absolute atomic E-state index is 12.2. The van der Waals surface area contributed by atoms with E-state index in [1.165, 1.54) is 6.07 Å². The number of halogens is 2. The maximum atomic E-state index is 12.2. The number of pyridine rings is 1. The quantitative estimate of drug-likeness (QED) is 0.664. The van der Waals surface area contributed by atoms with Crippen molar-refractivity contribution in [3.05, 3.63) is 29.4 Å². The van der Waals surface area contributed by atoms with E-state index in [9.17, 15) is 8.78 Å². The molecule has 0 atom stereocenters. The summed E-state index contributed by atoms with van der Waals surface area (Å²) in [4.78, 5) is 3.96. The standard InChI is InChI=1S/C8H5F2NS/c9-8(10)6-3-5-1-2-11-4-7(5)12-6/h1-4,8H. The molecule has 2 aromatic rings. The van der Waals surface area contributed by atoms with Crippen molar-refractivity contribution in [3.8, 4) is 0 Å². The highest BCUT2D eigenvalue weighted by Crippen LogP contribution is 2.31. The number of hydrogen-bond donors (Lipinski definition) is 0. The number of nitrogens with zero attached hydrogens (tertiary/aromatic N) is 1. The Labute approximate surface area is 71.7 Å². The van der Waals surface area contributed by atoms with Crippen LogP contribution in [0.3, 0.4) is 0 Å². The molecule has 0 saturated carbocycles. The number of hydrogen-bond acceptors (Lipinski definition) is 2. The van der Waals surface area contributed by atoms with Gasteiger partial charge >= 0.3 is 0 Å². The van der Waals surface area contributed by atoms with Crippen molar-refractivity contribution in [2.24, 2.45) is 0 Å². The number of rotatable bonds is 1. The highest BCUT2D eigenvalue weighted by molar-refractivity contribution is 7.19. The summed E-state index contributed by atoms with van der Waals surface area (Å²) in [5.41, 5.74) is 0. The average molecular weight is 185 g/mol. The molecule has 12 heavy (non-hydrogen) atoms. The minimum absolute atomic E-state index is 0.109. The van der Waals surface area contributed by atoms with Crippen LogP contribution >= 0.6 is 11.3 Å². The third-order valence-corrected chi connectivity index (χ3v) is 2.65. The van der Waals surface area contributed by atoms with Gasteiger partial charge in [-0.25, -0.2) is 8.78 Å². The Morgan fingerprint density at radius 3 is 2.92 bits per heavy atom. The molecule has 2 rings (SSSR count). The zero-order valence-electron chi connectivity index (χ0n) is 6.00. The highest BCUT2D eigenvalue weighted by Gasteiger charge is 2.10. The fourth-order valence-corrected chi connectivity index (χ4v) is 1.90. The van der Waals surface area contributed by atoms with Gasteiger partial charge in [-0.15, -0.1) is 11.3 Å². The Kier molecular flexibility index (Phi) is 1.77. The summed E-state index contributed by atoms with van der Waals surface area (Å²) in [6, 6.07) is 3.24. The lowest BCUT2D eigenvalue weighted by molar-refractivity contribution is 0.156. The van der Waals surface area contributed by atoms with Gasteiger partial charge in [0, 0.05) is 12.4 Å². The van der Waals surface area contributed by atoms with Gasteiger partial charge in [-0.3, -0.25) is 4.98 Å². The van der Waals surface area contributed by atoms with Crippen LogP contribution in [0.4, 0.5) is 8.78 Å². The van der Waals surface area contributed by atoms with Gasteiger partial charge < -0.3 is 0 Å². The van der Waals surface area contributed by atoms with Crippen molar-refractivity contribution in [1.82, 2.24) is 4.98 Å². The molecule has 0 fully saturated rings. The Morgan fingerprint density at radius 1 is 1.42 bits per heavy atom. The van der Waals surface area contributed by atoms with E-state index in [4.69, 9.17) is 0 Å². The molecule has 0 aliphatic rings. The van der Waals surface area contributed by atoms with E-state index in [1.807, 2.05) is 0 Å². The van der Waals surface area contributed by atoms with E-state index in [-0.39, 0.29) is 4.88 Å². The van der Waals surface area contributed by atoms with Gasteiger partial charge in [0.2, 0.25) is 0 Å². The minimum Gasteiger partial charge on any atom is -0.263 e. The predicted molar refractivity (Wildman–Crippen MR) is 44.6 cm³/mol. The van der Waals surface area contributed by atoms with Crippen LogP contribution in [-0.2, 0) is 0 Å². The van der Waals surface area contributed by atoms with Crippen LogP contribution in [0.1, 0.15) is 11.3 Å². The SMILES string of the molecule is FC(F)c1cc2ccncc2s1. The normalized spacial score (nSPS) is 11.2. The molecule has 2 aromatic heterocycles. The van der Waals surface area contributed by atoms with Crippen molar-refractivity contribution in [2.45, 2.75) is 6.43 Å². The zero-order chi connectivity index (χ0) is 8.55. The van der Waals surface area contributed by atoms with Gasteiger partial charge in [-0.2, -0.15) is 0 Å². The van der Waals surface area contributed by atoms with Crippen LogP contribution in [0.2, 0.25) is 0 Å². The van der Waals surface area contributed by atoms with Crippen molar-refractivity contribution in [2.75, 3.05) is 0 Å². The maximum Gasteiger partial charge on any atom is 0.272 e. The molecule has 0 aliphatic heterocycles. The second-order valence-electron chi connectivity index (χ2n) is 2.36. The summed E-state index contributed by atoms with van der Waals surface area (Å²) >= 11 is 1.09. The molecule has 4 heteroatoms. The van der Waals surface area contributed by atoms with Crippen molar-refractivity contribution in [1.29, 1.82) is 0 Å². The number of alkyl halides is 2. The third-order valence-electron chi connectivity index (χ3n) is 1.56. The number of thiophene rings is 1. The predicted octanol–water partition coefficient (Wildman–Crippen LogP) is 3.23. The van der Waals surface area contributed by atoms with Crippen LogP contribution < -0.4 is 0 Å². The van der Waals surface area contributed by atoms with Crippen molar-refractivity contribution < 1.29 is 8.78 Å². The molecule has 1 nitrogen and oxygen atoms in total. The first-order valence-electron chi connectivity index (χ1n) is 3.39. The average Bonchev–Trinajstić information content (AvgIpc) is 2.46. The zero-order valence-corrected chi connectivity index (χ0v) is 6.81. The Hall–Kier alpha value is -1.03. The highest BCUT2D eigenvalue weighted by atomic mass is 32.1. The summed E-state index contributed by atoms with van der Waals surface area (Å²) in [6.07, 6.45) is 0.832. The molecule has 62 valence electrons. The summed E-state index contributed by atoms with van der Waals surface area (Å²) in [6.45, 7) is 0. The van der Waals surface area contributed by atoms with Crippen LogP contribution in [0.5, 0.6) is 0 Å². The van der Waals surface area contributed by atoms with Crippen LogP contribution in [0.15, 0.2) is 24.5 Å². The molecule has 0 saturated heterocycles. The molecule has 2 heterocycles. The fourth-order valence-electron chi connectivity index (χ4n) is 1.01. The molecular formula is C8H5F2NS. The largest absolute Gasteiger partial charge is 0.272 e. The topological polar surface area (TPSA) is 12.9 Å². The lowest BCUT2D eigenvalue weighted by Crippen LogP contribution is -1.72. The van der Waals surface area contributed by atoms with Gasteiger partial charge in [0.05, 0.1) is 9.58 Å². The smallest absolute Gasteiger partial charge is 0.263 e. The summed E-state index contributed by atoms with van der Waals surface area (Å²) < 4.78 is 25.2. The minimum atomic E-state index is -2.37. The van der Waals surface area contributed by atoms with Gasteiger partial charge in [-0.05, 0) is 17.5 Å². The molecule has 0 aromatic carbocycles. The first kappa shape index (κ1) is 7.61. The Bertz CT molecular complexity index is 364. The monoisotopic (exact) mass is 185 g/mol. The van der Waals surface area contributed by atoms with E-state index in [0.29, 0.717) is 0 Å². The molecular weight excluding hydrogens is 180 g/mol. The molecule has 0 spiro atoms. The van der Waals surface area contributed by atoms with E-state index < -0.39 is 6.43 Å². The Morgan fingerprint density at radius 2 is 2.25 bits per heavy atom. The number of fused-ring (bicyclic) bond motifs is 1. The third kappa shape index (κ3) is 1.18.